The van der Waals surface area contributed by atoms with E-state index in [1.165, 1.54) is 24.4 Å². The minimum atomic E-state index is 0.579. The highest BCUT2D eigenvalue weighted by Gasteiger charge is 2.20. The van der Waals surface area contributed by atoms with E-state index in [-0.39, 0.29) is 0 Å². The van der Waals surface area contributed by atoms with Gasteiger partial charge >= 0.3 is 0 Å². The zero-order chi connectivity index (χ0) is 13.5. The Balaban J connectivity index is 1.97. The van der Waals surface area contributed by atoms with E-state index >= 15 is 0 Å². The van der Waals surface area contributed by atoms with Gasteiger partial charge in [-0.1, -0.05) is 6.92 Å². The number of rotatable bonds is 8. The smallest absolute Gasteiger partial charge is 0.205 e. The van der Waals surface area contributed by atoms with Gasteiger partial charge in [0.1, 0.15) is 5.82 Å². The number of nitrogens with zero attached hydrogens (tertiary/aromatic N) is 3. The number of hydrogen-bond acceptors (Lipinski definition) is 6. The van der Waals surface area contributed by atoms with Crippen LogP contribution in [0.1, 0.15) is 32.0 Å². The van der Waals surface area contributed by atoms with Crippen molar-refractivity contribution in [2.24, 2.45) is 0 Å². The SMILES string of the molecule is CCCc1nsc(N(CCOC)CC2CCCN2)n1. The maximum absolute atomic E-state index is 5.21. The number of hydrogen-bond donors (Lipinski definition) is 1. The van der Waals surface area contributed by atoms with Crippen LogP contribution in [0.2, 0.25) is 0 Å². The van der Waals surface area contributed by atoms with E-state index < -0.39 is 0 Å². The monoisotopic (exact) mass is 284 g/mol. The molecular weight excluding hydrogens is 260 g/mol. The van der Waals surface area contributed by atoms with Crippen molar-refractivity contribution in [3.63, 3.8) is 0 Å². The Morgan fingerprint density at radius 1 is 1.53 bits per heavy atom. The Labute approximate surface area is 119 Å². The molecule has 1 aromatic heterocycles. The molecule has 1 atom stereocenters. The molecule has 0 bridgehead atoms. The van der Waals surface area contributed by atoms with Crippen LogP contribution >= 0.6 is 11.5 Å². The van der Waals surface area contributed by atoms with Crippen LogP contribution in [0.3, 0.4) is 0 Å². The Hall–Kier alpha value is -0.720. The molecule has 19 heavy (non-hydrogen) atoms. The third-order valence-corrected chi connectivity index (χ3v) is 4.18. The molecule has 6 heteroatoms. The number of aryl methyl sites for hydroxylation is 1. The zero-order valence-electron chi connectivity index (χ0n) is 11.9. The fraction of sp³-hybridized carbons (Fsp3) is 0.846. The Morgan fingerprint density at radius 2 is 2.42 bits per heavy atom. The van der Waals surface area contributed by atoms with E-state index in [2.05, 4.69) is 26.5 Å². The topological polar surface area (TPSA) is 50.3 Å². The molecule has 0 aromatic carbocycles. The third-order valence-electron chi connectivity index (χ3n) is 3.37. The van der Waals surface area contributed by atoms with Crippen molar-refractivity contribution in [1.29, 1.82) is 0 Å². The lowest BCUT2D eigenvalue weighted by Crippen LogP contribution is -2.39. The number of ether oxygens (including phenoxy) is 1. The van der Waals surface area contributed by atoms with Crippen molar-refractivity contribution < 1.29 is 4.74 Å². The molecule has 1 unspecified atom stereocenters. The lowest BCUT2D eigenvalue weighted by atomic mass is 10.2. The predicted octanol–water partition coefficient (Wildman–Crippen LogP) is 1.70. The maximum Gasteiger partial charge on any atom is 0.205 e. The van der Waals surface area contributed by atoms with Gasteiger partial charge in [-0.05, 0) is 25.8 Å². The fourth-order valence-electron chi connectivity index (χ4n) is 2.34. The van der Waals surface area contributed by atoms with Gasteiger partial charge in [0, 0.05) is 44.2 Å². The summed E-state index contributed by atoms with van der Waals surface area (Å²) in [5.41, 5.74) is 0. The van der Waals surface area contributed by atoms with Crippen LogP contribution in [0.4, 0.5) is 5.13 Å². The van der Waals surface area contributed by atoms with E-state index in [4.69, 9.17) is 4.74 Å². The average Bonchev–Trinajstić information content (AvgIpc) is 3.06. The highest BCUT2D eigenvalue weighted by Crippen LogP contribution is 2.19. The first-order valence-corrected chi connectivity index (χ1v) is 7.90. The Kier molecular flexibility index (Phi) is 6.00. The Morgan fingerprint density at radius 3 is 3.11 bits per heavy atom. The summed E-state index contributed by atoms with van der Waals surface area (Å²) in [6, 6.07) is 0.579. The van der Waals surface area contributed by atoms with E-state index in [0.717, 1.165) is 50.0 Å². The first-order valence-electron chi connectivity index (χ1n) is 7.13. The summed E-state index contributed by atoms with van der Waals surface area (Å²) in [5.74, 6) is 0.976. The van der Waals surface area contributed by atoms with E-state index in [9.17, 15) is 0 Å². The van der Waals surface area contributed by atoms with Crippen molar-refractivity contribution in [2.45, 2.75) is 38.6 Å². The van der Waals surface area contributed by atoms with Gasteiger partial charge in [-0.3, -0.25) is 0 Å². The van der Waals surface area contributed by atoms with Gasteiger partial charge in [-0.15, -0.1) is 0 Å². The third kappa shape index (κ3) is 4.40. The Bertz CT molecular complexity index is 365. The second kappa shape index (κ2) is 7.77. The molecule has 2 heterocycles. The summed E-state index contributed by atoms with van der Waals surface area (Å²) in [4.78, 5) is 6.95. The molecule has 1 saturated heterocycles. The van der Waals surface area contributed by atoms with E-state index in [1.54, 1.807) is 7.11 Å². The van der Waals surface area contributed by atoms with Crippen molar-refractivity contribution in [3.05, 3.63) is 5.82 Å². The normalized spacial score (nSPS) is 18.9. The van der Waals surface area contributed by atoms with Gasteiger partial charge in [-0.25, -0.2) is 4.98 Å². The molecule has 1 N–H and O–H groups in total. The lowest BCUT2D eigenvalue weighted by Gasteiger charge is -2.24. The molecule has 0 amide bonds. The average molecular weight is 284 g/mol. The first kappa shape index (κ1) is 14.7. The molecule has 0 radical (unpaired) electrons. The van der Waals surface area contributed by atoms with E-state index in [1.807, 2.05) is 0 Å². The summed E-state index contributed by atoms with van der Waals surface area (Å²) in [7, 11) is 1.74. The van der Waals surface area contributed by atoms with Crippen molar-refractivity contribution in [2.75, 3.05) is 38.3 Å². The van der Waals surface area contributed by atoms with Crippen molar-refractivity contribution in [1.82, 2.24) is 14.7 Å². The summed E-state index contributed by atoms with van der Waals surface area (Å²) < 4.78 is 9.64. The minimum Gasteiger partial charge on any atom is -0.383 e. The lowest BCUT2D eigenvalue weighted by molar-refractivity contribution is 0.204. The zero-order valence-corrected chi connectivity index (χ0v) is 12.7. The summed E-state index contributed by atoms with van der Waals surface area (Å²) in [6.45, 7) is 5.92. The number of anilines is 1. The van der Waals surface area contributed by atoms with Crippen LogP contribution in [0.15, 0.2) is 0 Å². The van der Waals surface area contributed by atoms with Gasteiger partial charge in [-0.2, -0.15) is 4.37 Å². The number of nitrogens with one attached hydrogen (secondary N) is 1. The van der Waals surface area contributed by atoms with Crippen molar-refractivity contribution in [3.8, 4) is 0 Å². The molecule has 1 aliphatic heterocycles. The molecular formula is C13H24N4OS. The van der Waals surface area contributed by atoms with Gasteiger partial charge < -0.3 is 15.0 Å². The molecule has 2 rings (SSSR count). The fourth-order valence-corrected chi connectivity index (χ4v) is 3.09. The second-order valence-electron chi connectivity index (χ2n) is 4.98. The van der Waals surface area contributed by atoms with Crippen LogP contribution in [-0.2, 0) is 11.2 Å². The van der Waals surface area contributed by atoms with Crippen LogP contribution in [-0.4, -0.2) is 48.8 Å². The van der Waals surface area contributed by atoms with Crippen molar-refractivity contribution >= 4 is 16.7 Å². The molecule has 0 aliphatic carbocycles. The number of aromatic nitrogens is 2. The van der Waals surface area contributed by atoms with Gasteiger partial charge in [0.05, 0.1) is 6.61 Å². The first-order chi connectivity index (χ1) is 9.33. The molecule has 108 valence electrons. The molecule has 1 aliphatic rings. The van der Waals surface area contributed by atoms with Crippen LogP contribution in [0, 0.1) is 0 Å². The largest absolute Gasteiger partial charge is 0.383 e. The summed E-state index contributed by atoms with van der Waals surface area (Å²) in [6.07, 6.45) is 4.60. The highest BCUT2D eigenvalue weighted by molar-refractivity contribution is 7.09. The molecule has 1 fully saturated rings. The molecule has 0 saturated carbocycles. The van der Waals surface area contributed by atoms with Gasteiger partial charge in [0.15, 0.2) is 0 Å². The number of methoxy groups -OCH3 is 1. The molecule has 0 spiro atoms. The maximum atomic E-state index is 5.21. The summed E-state index contributed by atoms with van der Waals surface area (Å²) >= 11 is 1.51. The second-order valence-corrected chi connectivity index (χ2v) is 5.71. The van der Waals surface area contributed by atoms with Crippen LogP contribution < -0.4 is 10.2 Å². The quantitative estimate of drug-likeness (QED) is 0.787. The van der Waals surface area contributed by atoms with Crippen LogP contribution in [0.5, 0.6) is 0 Å². The highest BCUT2D eigenvalue weighted by atomic mass is 32.1. The molecule has 5 nitrogen and oxygen atoms in total. The predicted molar refractivity (Wildman–Crippen MR) is 79.0 cm³/mol. The van der Waals surface area contributed by atoms with Gasteiger partial charge in [0.25, 0.3) is 0 Å². The van der Waals surface area contributed by atoms with Crippen LogP contribution in [0.25, 0.3) is 0 Å². The minimum absolute atomic E-state index is 0.579. The standard InChI is InChI=1S/C13H24N4OS/c1-3-5-12-15-13(19-16-12)17(8-9-18-2)10-11-6-4-7-14-11/h11,14H,3-10H2,1-2H3. The molecule has 1 aromatic rings. The van der Waals surface area contributed by atoms with E-state index in [0.29, 0.717) is 6.04 Å². The summed E-state index contributed by atoms with van der Waals surface area (Å²) in [5, 5.41) is 4.58. The van der Waals surface area contributed by atoms with Gasteiger partial charge in [0.2, 0.25) is 5.13 Å².